The monoisotopic (exact) mass is 152 g/mol. The van der Waals surface area contributed by atoms with E-state index in [4.69, 9.17) is 0 Å². The standard InChI is InChI=1S/C10H16O/c11-7-8-4-5-9-2-1-3-10(9)6-8/h7-10H,1-6H2. The van der Waals surface area contributed by atoms with Gasteiger partial charge in [0.25, 0.3) is 0 Å². The third-order valence-corrected chi connectivity index (χ3v) is 3.52. The van der Waals surface area contributed by atoms with Gasteiger partial charge in [0.05, 0.1) is 0 Å². The molecule has 0 aromatic rings. The maximum Gasteiger partial charge on any atom is 0.123 e. The molecule has 1 heteroatoms. The molecule has 11 heavy (non-hydrogen) atoms. The van der Waals surface area contributed by atoms with Crippen LogP contribution in [0.3, 0.4) is 0 Å². The topological polar surface area (TPSA) is 17.1 Å². The van der Waals surface area contributed by atoms with E-state index in [0.717, 1.165) is 11.8 Å². The smallest absolute Gasteiger partial charge is 0.123 e. The fourth-order valence-electron chi connectivity index (χ4n) is 2.86. The highest BCUT2D eigenvalue weighted by molar-refractivity contribution is 5.53. The zero-order valence-electron chi connectivity index (χ0n) is 6.96. The Morgan fingerprint density at radius 2 is 1.82 bits per heavy atom. The molecular weight excluding hydrogens is 136 g/mol. The predicted octanol–water partition coefficient (Wildman–Crippen LogP) is 2.40. The molecule has 1 nitrogen and oxygen atoms in total. The molecule has 0 radical (unpaired) electrons. The lowest BCUT2D eigenvalue weighted by Crippen LogP contribution is -2.21. The van der Waals surface area contributed by atoms with Crippen molar-refractivity contribution in [2.24, 2.45) is 17.8 Å². The van der Waals surface area contributed by atoms with E-state index in [2.05, 4.69) is 0 Å². The maximum absolute atomic E-state index is 10.5. The molecule has 0 saturated heterocycles. The maximum atomic E-state index is 10.5. The molecule has 0 bridgehead atoms. The number of hydrogen-bond donors (Lipinski definition) is 0. The third-order valence-electron chi connectivity index (χ3n) is 3.52. The van der Waals surface area contributed by atoms with Crippen LogP contribution in [0.1, 0.15) is 38.5 Å². The Hall–Kier alpha value is -0.330. The van der Waals surface area contributed by atoms with Gasteiger partial charge in [-0.1, -0.05) is 19.3 Å². The number of fused-ring (bicyclic) bond motifs is 1. The van der Waals surface area contributed by atoms with Crippen LogP contribution in [0.4, 0.5) is 0 Å². The molecule has 0 N–H and O–H groups in total. The Kier molecular flexibility index (Phi) is 1.97. The molecule has 0 aliphatic heterocycles. The van der Waals surface area contributed by atoms with Crippen molar-refractivity contribution in [2.45, 2.75) is 38.5 Å². The SMILES string of the molecule is O=CC1CCC2CCCC2C1. The van der Waals surface area contributed by atoms with Gasteiger partial charge in [0.2, 0.25) is 0 Å². The molecule has 2 saturated carbocycles. The number of carbonyl (C=O) groups excluding carboxylic acids is 1. The second-order valence-corrected chi connectivity index (χ2v) is 4.16. The summed E-state index contributed by atoms with van der Waals surface area (Å²) in [5.74, 6) is 2.32. The Balaban J connectivity index is 1.96. The molecule has 0 aromatic carbocycles. The van der Waals surface area contributed by atoms with Gasteiger partial charge >= 0.3 is 0 Å². The van der Waals surface area contributed by atoms with E-state index in [0.29, 0.717) is 5.92 Å². The zero-order chi connectivity index (χ0) is 7.68. The van der Waals surface area contributed by atoms with Gasteiger partial charge in [0.1, 0.15) is 6.29 Å². The van der Waals surface area contributed by atoms with E-state index in [1.165, 1.54) is 44.8 Å². The van der Waals surface area contributed by atoms with Gasteiger partial charge in [-0.05, 0) is 31.1 Å². The number of aldehydes is 1. The summed E-state index contributed by atoms with van der Waals surface area (Å²) in [5.41, 5.74) is 0. The van der Waals surface area contributed by atoms with E-state index in [9.17, 15) is 4.79 Å². The molecule has 2 aliphatic rings. The molecule has 3 atom stereocenters. The van der Waals surface area contributed by atoms with Crippen molar-refractivity contribution >= 4 is 6.29 Å². The van der Waals surface area contributed by atoms with E-state index in [-0.39, 0.29) is 0 Å². The van der Waals surface area contributed by atoms with Crippen molar-refractivity contribution in [3.63, 3.8) is 0 Å². The Morgan fingerprint density at radius 1 is 1.00 bits per heavy atom. The van der Waals surface area contributed by atoms with Gasteiger partial charge in [0, 0.05) is 5.92 Å². The first-order chi connectivity index (χ1) is 5.40. The van der Waals surface area contributed by atoms with Gasteiger partial charge in [-0.25, -0.2) is 0 Å². The fourth-order valence-corrected chi connectivity index (χ4v) is 2.86. The number of hydrogen-bond acceptors (Lipinski definition) is 1. The fraction of sp³-hybridized carbons (Fsp3) is 0.900. The van der Waals surface area contributed by atoms with Crippen molar-refractivity contribution in [3.05, 3.63) is 0 Å². The van der Waals surface area contributed by atoms with Crippen molar-refractivity contribution in [1.29, 1.82) is 0 Å². The van der Waals surface area contributed by atoms with Crippen molar-refractivity contribution in [2.75, 3.05) is 0 Å². The molecule has 0 heterocycles. The molecular formula is C10H16O. The highest BCUT2D eigenvalue weighted by atomic mass is 16.1. The lowest BCUT2D eigenvalue weighted by molar-refractivity contribution is -0.112. The molecule has 3 unspecified atom stereocenters. The summed E-state index contributed by atoms with van der Waals surface area (Å²) in [7, 11) is 0. The summed E-state index contributed by atoms with van der Waals surface area (Å²) in [4.78, 5) is 10.5. The third kappa shape index (κ3) is 1.33. The summed E-state index contributed by atoms with van der Waals surface area (Å²) >= 11 is 0. The molecule has 0 amide bonds. The molecule has 0 aromatic heterocycles. The second kappa shape index (κ2) is 2.96. The van der Waals surface area contributed by atoms with E-state index in [1.807, 2.05) is 0 Å². The first-order valence-electron chi connectivity index (χ1n) is 4.85. The molecule has 2 aliphatic carbocycles. The van der Waals surface area contributed by atoms with Crippen LogP contribution >= 0.6 is 0 Å². The number of carbonyl (C=O) groups is 1. The second-order valence-electron chi connectivity index (χ2n) is 4.16. The first kappa shape index (κ1) is 7.33. The summed E-state index contributed by atoms with van der Waals surface area (Å²) in [5, 5.41) is 0. The van der Waals surface area contributed by atoms with Crippen LogP contribution in [0.5, 0.6) is 0 Å². The Bertz CT molecular complexity index is 153. The molecule has 2 rings (SSSR count). The Morgan fingerprint density at radius 3 is 2.64 bits per heavy atom. The average Bonchev–Trinajstić information content (AvgIpc) is 2.50. The van der Waals surface area contributed by atoms with E-state index in [1.54, 1.807) is 0 Å². The minimum absolute atomic E-state index is 0.411. The quantitative estimate of drug-likeness (QED) is 0.527. The Labute approximate surface area is 68.2 Å². The van der Waals surface area contributed by atoms with Gasteiger partial charge in [-0.2, -0.15) is 0 Å². The van der Waals surface area contributed by atoms with Gasteiger partial charge in [-0.15, -0.1) is 0 Å². The lowest BCUT2D eigenvalue weighted by Gasteiger charge is -2.28. The highest BCUT2D eigenvalue weighted by Gasteiger charge is 2.33. The summed E-state index contributed by atoms with van der Waals surface area (Å²) < 4.78 is 0. The van der Waals surface area contributed by atoms with E-state index < -0.39 is 0 Å². The minimum Gasteiger partial charge on any atom is -0.303 e. The highest BCUT2D eigenvalue weighted by Crippen LogP contribution is 2.43. The minimum atomic E-state index is 0.411. The predicted molar refractivity (Wildman–Crippen MR) is 44.2 cm³/mol. The summed E-state index contributed by atoms with van der Waals surface area (Å²) in [6.45, 7) is 0. The largest absolute Gasteiger partial charge is 0.303 e. The van der Waals surface area contributed by atoms with Crippen LogP contribution in [-0.2, 0) is 4.79 Å². The summed E-state index contributed by atoms with van der Waals surface area (Å²) in [6.07, 6.45) is 9.13. The van der Waals surface area contributed by atoms with Crippen LogP contribution in [0, 0.1) is 17.8 Å². The van der Waals surface area contributed by atoms with E-state index >= 15 is 0 Å². The van der Waals surface area contributed by atoms with Gasteiger partial charge < -0.3 is 4.79 Å². The van der Waals surface area contributed by atoms with Gasteiger partial charge in [-0.3, -0.25) is 0 Å². The first-order valence-corrected chi connectivity index (χ1v) is 4.85. The molecule has 62 valence electrons. The number of rotatable bonds is 1. The van der Waals surface area contributed by atoms with Crippen LogP contribution in [0.25, 0.3) is 0 Å². The van der Waals surface area contributed by atoms with Crippen LogP contribution in [-0.4, -0.2) is 6.29 Å². The van der Waals surface area contributed by atoms with Crippen LogP contribution in [0.15, 0.2) is 0 Å². The van der Waals surface area contributed by atoms with Crippen LogP contribution in [0.2, 0.25) is 0 Å². The molecule has 0 spiro atoms. The van der Waals surface area contributed by atoms with Crippen LogP contribution < -0.4 is 0 Å². The van der Waals surface area contributed by atoms with Crippen molar-refractivity contribution < 1.29 is 4.79 Å². The normalized spacial score (nSPS) is 43.5. The molecule has 2 fully saturated rings. The van der Waals surface area contributed by atoms with Crippen molar-refractivity contribution in [1.82, 2.24) is 0 Å². The van der Waals surface area contributed by atoms with Gasteiger partial charge in [0.15, 0.2) is 0 Å². The lowest BCUT2D eigenvalue weighted by atomic mass is 9.76. The summed E-state index contributed by atoms with van der Waals surface area (Å²) in [6, 6.07) is 0. The van der Waals surface area contributed by atoms with Crippen molar-refractivity contribution in [3.8, 4) is 0 Å². The zero-order valence-corrected chi connectivity index (χ0v) is 6.96. The average molecular weight is 152 g/mol.